The molecule has 4 nitrogen and oxygen atoms in total. The van der Waals surface area contributed by atoms with Crippen molar-refractivity contribution in [2.45, 2.75) is 6.54 Å². The summed E-state index contributed by atoms with van der Waals surface area (Å²) in [5.74, 6) is -0.459. The Morgan fingerprint density at radius 2 is 1.61 bits per heavy atom. The molecule has 0 unspecified atom stereocenters. The van der Waals surface area contributed by atoms with Gasteiger partial charge < -0.3 is 10.3 Å². The highest BCUT2D eigenvalue weighted by atomic mass is 32.1. The first-order chi connectivity index (χ1) is 17.6. The molecule has 0 atom stereocenters. The van der Waals surface area contributed by atoms with Crippen LogP contribution in [0.4, 0.5) is 0 Å². The molecule has 36 heavy (non-hydrogen) atoms. The van der Waals surface area contributed by atoms with Crippen LogP contribution in [-0.2, 0) is 6.54 Å². The summed E-state index contributed by atoms with van der Waals surface area (Å²) in [5.41, 5.74) is 11.6. The highest BCUT2D eigenvalue weighted by molar-refractivity contribution is 7.13. The number of amides is 1. The maximum atomic E-state index is 12.8. The van der Waals surface area contributed by atoms with E-state index in [0.717, 1.165) is 37.8 Å². The first-order valence-corrected chi connectivity index (χ1v) is 12.5. The van der Waals surface area contributed by atoms with E-state index in [1.807, 2.05) is 78.9 Å². The van der Waals surface area contributed by atoms with Crippen molar-refractivity contribution in [3.05, 3.63) is 131 Å². The van der Waals surface area contributed by atoms with Crippen molar-refractivity contribution in [1.82, 2.24) is 4.57 Å². The van der Waals surface area contributed by atoms with E-state index in [1.165, 1.54) is 0 Å². The van der Waals surface area contributed by atoms with Gasteiger partial charge in [-0.3, -0.25) is 9.59 Å². The molecule has 0 saturated heterocycles. The molecule has 173 valence electrons. The van der Waals surface area contributed by atoms with Gasteiger partial charge in [0.1, 0.15) is 0 Å². The molecule has 0 bridgehead atoms. The summed E-state index contributed by atoms with van der Waals surface area (Å²) in [6.07, 6.45) is 0. The lowest BCUT2D eigenvalue weighted by atomic mass is 10.0. The second-order valence-corrected chi connectivity index (χ2v) is 9.62. The third kappa shape index (κ3) is 3.80. The molecule has 2 aromatic heterocycles. The van der Waals surface area contributed by atoms with E-state index < -0.39 is 5.91 Å². The molecule has 0 saturated carbocycles. The summed E-state index contributed by atoms with van der Waals surface area (Å²) in [4.78, 5) is 26.2. The topological polar surface area (TPSA) is 65.1 Å². The zero-order valence-corrected chi connectivity index (χ0v) is 20.1. The minimum absolute atomic E-state index is 0.000281. The van der Waals surface area contributed by atoms with E-state index in [-0.39, 0.29) is 5.78 Å². The number of primary amides is 1. The Labute approximate surface area is 212 Å². The predicted octanol–water partition coefficient (Wildman–Crippen LogP) is 6.70. The molecule has 2 heterocycles. The Kier molecular flexibility index (Phi) is 5.47. The van der Waals surface area contributed by atoms with Gasteiger partial charge in [0, 0.05) is 38.9 Å². The van der Waals surface area contributed by atoms with Crippen molar-refractivity contribution >= 4 is 44.8 Å². The molecule has 0 aliphatic carbocycles. The number of carbonyl (C=O) groups excluding carboxylic acids is 2. The minimum atomic E-state index is -0.459. The second-order valence-electron chi connectivity index (χ2n) is 8.67. The normalized spacial score (nSPS) is 11.2. The Morgan fingerprint density at radius 3 is 2.33 bits per heavy atom. The van der Waals surface area contributed by atoms with Crippen LogP contribution in [0.1, 0.15) is 31.8 Å². The summed E-state index contributed by atoms with van der Waals surface area (Å²) >= 11 is 1.68. The number of benzene rings is 4. The standard InChI is InChI=1S/C31H21N2O2S/c32-31(35)25-8-4-9-26-29(25)24-16-15-23(28-10-5-17-36-28)18-27(24)33(26)19-20-11-13-22(14-12-20)30(34)21-6-2-1-3-7-21/h1-15,17-18H,19H2,(H2,32,35). The number of hydrogen-bond donors (Lipinski definition) is 1. The van der Waals surface area contributed by atoms with Gasteiger partial charge in [0.2, 0.25) is 5.91 Å². The molecular formula is C31H21N2O2S. The van der Waals surface area contributed by atoms with Crippen molar-refractivity contribution in [1.29, 1.82) is 0 Å². The lowest BCUT2D eigenvalue weighted by Gasteiger charge is -2.10. The lowest BCUT2D eigenvalue weighted by Crippen LogP contribution is -2.11. The quantitative estimate of drug-likeness (QED) is 0.267. The monoisotopic (exact) mass is 485 g/mol. The summed E-state index contributed by atoms with van der Waals surface area (Å²) in [7, 11) is 0. The van der Waals surface area contributed by atoms with Gasteiger partial charge in [-0.1, -0.05) is 66.7 Å². The first kappa shape index (κ1) is 22.0. The number of aromatic nitrogens is 1. The van der Waals surface area contributed by atoms with Gasteiger partial charge in [0.25, 0.3) is 0 Å². The van der Waals surface area contributed by atoms with Crippen LogP contribution in [0.3, 0.4) is 0 Å². The van der Waals surface area contributed by atoms with Gasteiger partial charge in [-0.15, -0.1) is 11.3 Å². The molecule has 0 spiro atoms. The van der Waals surface area contributed by atoms with Crippen LogP contribution in [0.15, 0.2) is 102 Å². The zero-order valence-electron chi connectivity index (χ0n) is 19.3. The van der Waals surface area contributed by atoms with E-state index in [1.54, 1.807) is 17.4 Å². The number of thiophene rings is 1. The fraction of sp³-hybridized carbons (Fsp3) is 0.0323. The molecule has 0 aliphatic rings. The lowest BCUT2D eigenvalue weighted by molar-refractivity contribution is 0.1000. The molecule has 6 rings (SSSR count). The van der Waals surface area contributed by atoms with Crippen LogP contribution in [0.2, 0.25) is 0 Å². The number of fused-ring (bicyclic) bond motifs is 3. The minimum Gasteiger partial charge on any atom is -0.366 e. The third-order valence-electron chi connectivity index (χ3n) is 6.46. The third-order valence-corrected chi connectivity index (χ3v) is 7.38. The molecule has 2 N–H and O–H groups in total. The molecule has 0 aliphatic heterocycles. The Balaban J connectivity index is 1.46. The van der Waals surface area contributed by atoms with Gasteiger partial charge in [-0.2, -0.15) is 0 Å². The number of carbonyl (C=O) groups is 2. The Morgan fingerprint density at radius 1 is 0.833 bits per heavy atom. The number of hydrogen-bond acceptors (Lipinski definition) is 3. The number of rotatable bonds is 6. The molecule has 5 heteroatoms. The smallest absolute Gasteiger partial charge is 0.249 e. The van der Waals surface area contributed by atoms with E-state index in [0.29, 0.717) is 23.2 Å². The average Bonchev–Trinajstić information content (AvgIpc) is 3.56. The average molecular weight is 486 g/mol. The van der Waals surface area contributed by atoms with Crippen molar-refractivity contribution in [3.8, 4) is 10.4 Å². The summed E-state index contributed by atoms with van der Waals surface area (Å²) in [6.45, 7) is 0.573. The van der Waals surface area contributed by atoms with E-state index in [9.17, 15) is 9.59 Å². The van der Waals surface area contributed by atoms with Crippen molar-refractivity contribution < 1.29 is 9.59 Å². The fourth-order valence-corrected chi connectivity index (χ4v) is 5.43. The molecule has 6 aromatic rings. The van der Waals surface area contributed by atoms with Crippen molar-refractivity contribution in [2.75, 3.05) is 0 Å². The van der Waals surface area contributed by atoms with Crippen LogP contribution in [-0.4, -0.2) is 16.3 Å². The van der Waals surface area contributed by atoms with Crippen molar-refractivity contribution in [2.24, 2.45) is 5.73 Å². The van der Waals surface area contributed by atoms with Crippen LogP contribution in [0, 0.1) is 6.07 Å². The molecule has 0 fully saturated rings. The summed E-state index contributed by atoms with van der Waals surface area (Å²) < 4.78 is 2.19. The van der Waals surface area contributed by atoms with Gasteiger partial charge in [0.05, 0.1) is 11.0 Å². The Bertz CT molecular complexity index is 1730. The highest BCUT2D eigenvalue weighted by Gasteiger charge is 2.18. The van der Waals surface area contributed by atoms with Crippen LogP contribution in [0.25, 0.3) is 32.2 Å². The highest BCUT2D eigenvalue weighted by Crippen LogP contribution is 2.35. The Hall–Kier alpha value is -4.48. The molecule has 1 radical (unpaired) electrons. The molecular weight excluding hydrogens is 464 g/mol. The summed E-state index contributed by atoms with van der Waals surface area (Å²) in [5, 5.41) is 3.74. The number of nitrogens with zero attached hydrogens (tertiary/aromatic N) is 1. The maximum absolute atomic E-state index is 12.8. The zero-order chi connectivity index (χ0) is 24.6. The maximum Gasteiger partial charge on any atom is 0.249 e. The molecule has 4 aromatic carbocycles. The van der Waals surface area contributed by atoms with Crippen molar-refractivity contribution in [3.63, 3.8) is 0 Å². The fourth-order valence-electron chi connectivity index (χ4n) is 4.72. The number of ketones is 1. The predicted molar refractivity (Wildman–Crippen MR) is 146 cm³/mol. The van der Waals surface area contributed by atoms with E-state index in [2.05, 4.69) is 28.1 Å². The van der Waals surface area contributed by atoms with Gasteiger partial charge in [-0.05, 0) is 52.9 Å². The second kappa shape index (κ2) is 8.95. The summed E-state index contributed by atoms with van der Waals surface area (Å²) in [6, 6.07) is 34.3. The molecule has 1 amide bonds. The van der Waals surface area contributed by atoms with Gasteiger partial charge in [0.15, 0.2) is 5.78 Å². The van der Waals surface area contributed by atoms with E-state index >= 15 is 0 Å². The van der Waals surface area contributed by atoms with Gasteiger partial charge in [-0.25, -0.2) is 0 Å². The largest absolute Gasteiger partial charge is 0.366 e. The number of nitrogens with two attached hydrogens (primary N) is 1. The van der Waals surface area contributed by atoms with Crippen LogP contribution < -0.4 is 5.73 Å². The van der Waals surface area contributed by atoms with Crippen LogP contribution >= 0.6 is 11.3 Å². The van der Waals surface area contributed by atoms with Crippen LogP contribution in [0.5, 0.6) is 0 Å². The first-order valence-electron chi connectivity index (χ1n) is 11.6. The van der Waals surface area contributed by atoms with Gasteiger partial charge >= 0.3 is 0 Å². The van der Waals surface area contributed by atoms with E-state index in [4.69, 9.17) is 5.73 Å². The SMILES string of the molecule is NC(=O)c1cccc2c1c1[c]cc(-c3cccs3)cc1n2Cc1ccc(C(=O)c2ccccc2)cc1.